The van der Waals surface area contributed by atoms with E-state index in [2.05, 4.69) is 193 Å². The summed E-state index contributed by atoms with van der Waals surface area (Å²) in [5.41, 5.74) is 15.0. The lowest BCUT2D eigenvalue weighted by Gasteiger charge is -2.45. The molecule has 1 aromatic heterocycles. The Labute approximate surface area is 296 Å². The van der Waals surface area contributed by atoms with Crippen LogP contribution in [0.5, 0.6) is 11.5 Å². The summed E-state index contributed by atoms with van der Waals surface area (Å²) < 4.78 is 9.32. The molecule has 1 atom stereocenters. The van der Waals surface area contributed by atoms with Gasteiger partial charge < -0.3 is 9.30 Å². The first kappa shape index (κ1) is 28.2. The summed E-state index contributed by atoms with van der Waals surface area (Å²) in [6.07, 6.45) is 0. The molecule has 0 amide bonds. The van der Waals surface area contributed by atoms with Crippen molar-refractivity contribution in [2.24, 2.45) is 0 Å². The molecule has 9 aromatic rings. The third-order valence-corrected chi connectivity index (χ3v) is 11.0. The number of aromatic nitrogens is 1. The Morgan fingerprint density at radius 1 is 0.353 bits per heavy atom. The molecule has 8 aromatic carbocycles. The largest absolute Gasteiger partial charge is 0.457 e. The second-order valence-electron chi connectivity index (χ2n) is 13.7. The van der Waals surface area contributed by atoms with Crippen molar-refractivity contribution in [1.82, 2.24) is 4.57 Å². The summed E-state index contributed by atoms with van der Waals surface area (Å²) in [4.78, 5) is 0. The minimum Gasteiger partial charge on any atom is -0.457 e. The van der Waals surface area contributed by atoms with Crippen LogP contribution in [0, 0.1) is 0 Å². The average Bonchev–Trinajstić information content (AvgIpc) is 3.55. The lowest BCUT2D eigenvalue weighted by molar-refractivity contribution is 0.434. The topological polar surface area (TPSA) is 14.2 Å². The summed E-state index contributed by atoms with van der Waals surface area (Å²) in [5, 5.41) is 2.53. The van der Waals surface area contributed by atoms with Crippen molar-refractivity contribution in [1.29, 1.82) is 0 Å². The van der Waals surface area contributed by atoms with Crippen LogP contribution in [0.4, 0.5) is 0 Å². The Hall–Kier alpha value is -6.64. The Morgan fingerprint density at radius 3 is 1.69 bits per heavy atom. The molecule has 0 N–H and O–H groups in total. The Balaban J connectivity index is 1.24. The van der Waals surface area contributed by atoms with Crippen LogP contribution in [-0.2, 0) is 5.41 Å². The molecule has 3 heterocycles. The number of hydrogen-bond donors (Lipinski definition) is 0. The molecule has 1 unspecified atom stereocenters. The molecule has 238 valence electrons. The van der Waals surface area contributed by atoms with Gasteiger partial charge in [0.1, 0.15) is 11.5 Å². The van der Waals surface area contributed by atoms with Gasteiger partial charge in [-0.2, -0.15) is 0 Å². The Kier molecular flexibility index (Phi) is 5.91. The number of nitrogens with zero attached hydrogens (tertiary/aromatic N) is 1. The molecule has 2 nitrogen and oxygen atoms in total. The van der Waals surface area contributed by atoms with Gasteiger partial charge in [0.25, 0.3) is 0 Å². The number of benzene rings is 8. The molecule has 2 aliphatic rings. The summed E-state index contributed by atoms with van der Waals surface area (Å²) >= 11 is 0. The number of hydrogen-bond acceptors (Lipinski definition) is 1. The van der Waals surface area contributed by atoms with Crippen molar-refractivity contribution in [2.75, 3.05) is 0 Å². The zero-order valence-electron chi connectivity index (χ0n) is 27.8. The van der Waals surface area contributed by atoms with E-state index in [0.717, 1.165) is 28.2 Å². The Morgan fingerprint density at radius 2 is 0.922 bits per heavy atom. The van der Waals surface area contributed by atoms with Gasteiger partial charge in [-0.25, -0.2) is 0 Å². The lowest BCUT2D eigenvalue weighted by atomic mass is 9.61. The number of rotatable bonds is 3. The smallest absolute Gasteiger partial charge is 0.132 e. The second-order valence-corrected chi connectivity index (χ2v) is 13.7. The molecule has 0 bridgehead atoms. The van der Waals surface area contributed by atoms with E-state index in [1.807, 2.05) is 0 Å². The molecule has 51 heavy (non-hydrogen) atoms. The quantitative estimate of drug-likeness (QED) is 0.186. The fourth-order valence-corrected chi connectivity index (χ4v) is 8.89. The van der Waals surface area contributed by atoms with Crippen LogP contribution in [0.1, 0.15) is 22.3 Å². The molecule has 0 fully saturated rings. The molecule has 0 radical (unpaired) electrons. The second kappa shape index (κ2) is 10.7. The molecule has 0 saturated carbocycles. The minimum atomic E-state index is -0.611. The molecular formula is C49H31NO. The van der Waals surface area contributed by atoms with E-state index in [1.54, 1.807) is 0 Å². The SMILES string of the molecule is c1ccc(-c2cc(-c3ccccc3)cc(-c3ccc4c(c3)C3(c5ccccc5O4)c4ccccc4-n4c5ccccc5c5cccc3c54)c2)cc1. The van der Waals surface area contributed by atoms with Crippen LogP contribution in [0.3, 0.4) is 0 Å². The van der Waals surface area contributed by atoms with Crippen molar-refractivity contribution < 1.29 is 4.74 Å². The standard InChI is InChI=1S/C49H31NO/c1-3-14-32(15-4-1)35-28-36(33-16-5-2-6-17-33)30-37(29-35)34-26-27-47-43(31-34)49(41-21-9-12-25-46(41)51-47)40-20-8-11-24-45(40)50-44-23-10-7-18-38(44)39-19-13-22-42(49)48(39)50/h1-31H. The van der Waals surface area contributed by atoms with Crippen molar-refractivity contribution in [3.05, 3.63) is 210 Å². The van der Waals surface area contributed by atoms with Crippen LogP contribution in [0.25, 0.3) is 60.9 Å². The van der Waals surface area contributed by atoms with Gasteiger partial charge >= 0.3 is 0 Å². The van der Waals surface area contributed by atoms with Gasteiger partial charge in [-0.05, 0) is 93.0 Å². The molecule has 1 spiro atoms. The number of fused-ring (bicyclic) bond motifs is 11. The maximum Gasteiger partial charge on any atom is 0.132 e. The number of ether oxygens (including phenoxy) is 1. The third-order valence-electron chi connectivity index (χ3n) is 11.0. The lowest BCUT2D eigenvalue weighted by Crippen LogP contribution is -2.37. The van der Waals surface area contributed by atoms with Crippen molar-refractivity contribution >= 4 is 21.8 Å². The van der Waals surface area contributed by atoms with Gasteiger partial charge in [-0.1, -0.05) is 140 Å². The zero-order chi connectivity index (χ0) is 33.5. The summed E-state index contributed by atoms with van der Waals surface area (Å²) in [7, 11) is 0. The zero-order valence-corrected chi connectivity index (χ0v) is 27.8. The van der Waals surface area contributed by atoms with Gasteiger partial charge in [0, 0.05) is 21.9 Å². The van der Waals surface area contributed by atoms with Crippen LogP contribution in [0.15, 0.2) is 188 Å². The summed E-state index contributed by atoms with van der Waals surface area (Å²) in [6, 6.07) is 68.4. The van der Waals surface area contributed by atoms with Gasteiger partial charge in [-0.3, -0.25) is 0 Å². The predicted octanol–water partition coefficient (Wildman–Crippen LogP) is 12.6. The first-order chi connectivity index (χ1) is 25.3. The van der Waals surface area contributed by atoms with Crippen LogP contribution in [0.2, 0.25) is 0 Å². The van der Waals surface area contributed by atoms with E-state index in [9.17, 15) is 0 Å². The van der Waals surface area contributed by atoms with Gasteiger partial charge in [-0.15, -0.1) is 0 Å². The van der Waals surface area contributed by atoms with Crippen molar-refractivity contribution in [2.45, 2.75) is 5.41 Å². The van der Waals surface area contributed by atoms with Gasteiger partial charge in [0.15, 0.2) is 0 Å². The molecule has 2 heteroatoms. The molecule has 2 aliphatic heterocycles. The first-order valence-corrected chi connectivity index (χ1v) is 17.6. The van der Waals surface area contributed by atoms with Crippen LogP contribution in [-0.4, -0.2) is 4.57 Å². The van der Waals surface area contributed by atoms with Crippen molar-refractivity contribution in [3.63, 3.8) is 0 Å². The van der Waals surface area contributed by atoms with Crippen LogP contribution < -0.4 is 4.74 Å². The molecule has 0 saturated heterocycles. The summed E-state index contributed by atoms with van der Waals surface area (Å²) in [5.74, 6) is 1.78. The van der Waals surface area contributed by atoms with E-state index in [4.69, 9.17) is 4.74 Å². The van der Waals surface area contributed by atoms with E-state index in [-0.39, 0.29) is 0 Å². The Bertz CT molecular complexity index is 2770. The van der Waals surface area contributed by atoms with E-state index >= 15 is 0 Å². The highest BCUT2D eigenvalue weighted by molar-refractivity contribution is 6.12. The normalized spacial score (nSPS) is 15.3. The molecule has 11 rings (SSSR count). The molecule has 0 aliphatic carbocycles. The van der Waals surface area contributed by atoms with Crippen molar-refractivity contribution in [3.8, 4) is 50.6 Å². The van der Waals surface area contributed by atoms with E-state index in [0.29, 0.717) is 0 Å². The minimum absolute atomic E-state index is 0.611. The maximum atomic E-state index is 6.83. The highest BCUT2D eigenvalue weighted by Crippen LogP contribution is 2.60. The number of para-hydroxylation sites is 4. The molecular weight excluding hydrogens is 619 g/mol. The average molecular weight is 650 g/mol. The highest BCUT2D eigenvalue weighted by atomic mass is 16.5. The maximum absolute atomic E-state index is 6.83. The monoisotopic (exact) mass is 649 g/mol. The fourth-order valence-electron chi connectivity index (χ4n) is 8.89. The van der Waals surface area contributed by atoms with Gasteiger partial charge in [0.2, 0.25) is 0 Å². The summed E-state index contributed by atoms with van der Waals surface area (Å²) in [6.45, 7) is 0. The van der Waals surface area contributed by atoms with E-state index < -0.39 is 5.41 Å². The third kappa shape index (κ3) is 3.93. The fraction of sp³-hybridized carbons (Fsp3) is 0.0204. The van der Waals surface area contributed by atoms with E-state index in [1.165, 1.54) is 66.4 Å². The first-order valence-electron chi connectivity index (χ1n) is 17.6. The predicted molar refractivity (Wildman–Crippen MR) is 209 cm³/mol. The van der Waals surface area contributed by atoms with Gasteiger partial charge in [0.05, 0.1) is 22.1 Å². The van der Waals surface area contributed by atoms with Crippen LogP contribution >= 0.6 is 0 Å². The highest BCUT2D eigenvalue weighted by Gasteiger charge is 2.50.